The maximum Gasteiger partial charge on any atom is 0.277 e. The second-order valence-electron chi connectivity index (χ2n) is 5.31. The number of hydrogen-bond donors (Lipinski definition) is 3. The second kappa shape index (κ2) is 8.35. The van der Waals surface area contributed by atoms with Crippen molar-refractivity contribution in [2.75, 3.05) is 6.61 Å². The number of nitrogens with one attached hydrogen (secondary N) is 1. The summed E-state index contributed by atoms with van der Waals surface area (Å²) in [7, 11) is 0. The van der Waals surface area contributed by atoms with E-state index in [4.69, 9.17) is 4.74 Å². The molecule has 0 saturated carbocycles. The highest BCUT2D eigenvalue weighted by Crippen LogP contribution is 2.40. The Hall–Kier alpha value is -2.06. The second-order valence-corrected chi connectivity index (χ2v) is 6.96. The van der Waals surface area contributed by atoms with Gasteiger partial charge in [0.2, 0.25) is 0 Å². The average Bonchev–Trinajstić information content (AvgIpc) is 2.58. The van der Waals surface area contributed by atoms with Gasteiger partial charge in [0, 0.05) is 5.56 Å². The van der Waals surface area contributed by atoms with Crippen molar-refractivity contribution in [3.05, 3.63) is 49.9 Å². The van der Waals surface area contributed by atoms with Crippen molar-refractivity contribution in [2.24, 2.45) is 5.10 Å². The zero-order valence-corrected chi connectivity index (χ0v) is 16.7. The molecule has 0 aromatic heterocycles. The van der Waals surface area contributed by atoms with E-state index in [0.29, 0.717) is 15.8 Å². The fourth-order valence-electron chi connectivity index (χ4n) is 1.93. The van der Waals surface area contributed by atoms with E-state index in [9.17, 15) is 15.0 Å². The molecule has 0 aliphatic heterocycles. The van der Waals surface area contributed by atoms with Gasteiger partial charge in [0.05, 0.1) is 10.7 Å². The number of aromatic hydroxyl groups is 2. The first-order chi connectivity index (χ1) is 11.8. The van der Waals surface area contributed by atoms with Crippen LogP contribution in [0.1, 0.15) is 16.7 Å². The first kappa shape index (κ1) is 19.3. The van der Waals surface area contributed by atoms with Crippen molar-refractivity contribution in [3.8, 4) is 17.2 Å². The van der Waals surface area contributed by atoms with Crippen molar-refractivity contribution in [2.45, 2.75) is 13.8 Å². The summed E-state index contributed by atoms with van der Waals surface area (Å²) in [5.74, 6) is -0.109. The molecule has 3 N–H and O–H groups in total. The van der Waals surface area contributed by atoms with Crippen LogP contribution in [0.2, 0.25) is 0 Å². The normalized spacial score (nSPS) is 10.9. The Morgan fingerprint density at radius 2 is 1.96 bits per heavy atom. The fourth-order valence-corrected chi connectivity index (χ4v) is 3.08. The zero-order chi connectivity index (χ0) is 18.6. The van der Waals surface area contributed by atoms with Gasteiger partial charge in [-0.05, 0) is 69.0 Å². The van der Waals surface area contributed by atoms with Crippen LogP contribution in [0.5, 0.6) is 17.2 Å². The van der Waals surface area contributed by atoms with E-state index in [1.807, 2.05) is 32.0 Å². The Bertz CT molecular complexity index is 838. The van der Waals surface area contributed by atoms with Gasteiger partial charge in [-0.2, -0.15) is 5.10 Å². The molecule has 0 fully saturated rings. The van der Waals surface area contributed by atoms with Gasteiger partial charge in [0.15, 0.2) is 6.61 Å². The number of rotatable bonds is 5. The quantitative estimate of drug-likeness (QED) is 0.457. The Kier molecular flexibility index (Phi) is 6.44. The van der Waals surface area contributed by atoms with Gasteiger partial charge in [0.1, 0.15) is 21.7 Å². The molecule has 25 heavy (non-hydrogen) atoms. The maximum atomic E-state index is 11.8. The average molecular weight is 472 g/mol. The number of hydrogen-bond acceptors (Lipinski definition) is 5. The highest BCUT2D eigenvalue weighted by molar-refractivity contribution is 9.11. The van der Waals surface area contributed by atoms with Crippen LogP contribution in [0.25, 0.3) is 0 Å². The molecule has 0 aliphatic rings. The molecule has 0 saturated heterocycles. The standard InChI is InChI=1S/C17H16Br2N2O4/c1-9-3-4-10(2)13(5-9)25-8-14(22)21-20-7-11-6-12(18)17(24)15(19)16(11)23/h3-7,23-24H,8H2,1-2H3,(H,21,22)/b20-7-. The predicted molar refractivity (Wildman–Crippen MR) is 102 cm³/mol. The van der Waals surface area contributed by atoms with Crippen LogP contribution in [0.4, 0.5) is 0 Å². The minimum atomic E-state index is -0.437. The Labute approximate surface area is 161 Å². The number of phenols is 2. The molecule has 0 spiro atoms. The molecule has 2 rings (SSSR count). The van der Waals surface area contributed by atoms with Crippen LogP contribution in [-0.4, -0.2) is 28.9 Å². The summed E-state index contributed by atoms with van der Waals surface area (Å²) >= 11 is 6.22. The van der Waals surface area contributed by atoms with Crippen LogP contribution in [-0.2, 0) is 4.79 Å². The van der Waals surface area contributed by atoms with Crippen molar-refractivity contribution in [1.29, 1.82) is 0 Å². The minimum Gasteiger partial charge on any atom is -0.506 e. The largest absolute Gasteiger partial charge is 0.506 e. The first-order valence-electron chi connectivity index (χ1n) is 7.21. The topological polar surface area (TPSA) is 91.2 Å². The zero-order valence-electron chi connectivity index (χ0n) is 13.5. The number of halogens is 2. The number of amides is 1. The van der Waals surface area contributed by atoms with Crippen LogP contribution in [0.3, 0.4) is 0 Å². The van der Waals surface area contributed by atoms with E-state index in [2.05, 4.69) is 42.4 Å². The van der Waals surface area contributed by atoms with E-state index in [1.165, 1.54) is 12.3 Å². The van der Waals surface area contributed by atoms with E-state index in [-0.39, 0.29) is 22.6 Å². The molecule has 0 bridgehead atoms. The summed E-state index contributed by atoms with van der Waals surface area (Å²) in [6.45, 7) is 3.65. The number of nitrogens with zero attached hydrogens (tertiary/aromatic N) is 1. The van der Waals surface area contributed by atoms with Gasteiger partial charge >= 0.3 is 0 Å². The summed E-state index contributed by atoms with van der Waals surface area (Å²) in [5.41, 5.74) is 4.61. The van der Waals surface area contributed by atoms with Crippen LogP contribution < -0.4 is 10.2 Å². The molecule has 0 aliphatic carbocycles. The summed E-state index contributed by atoms with van der Waals surface area (Å²) in [5, 5.41) is 23.4. The molecule has 0 heterocycles. The number of carbonyl (C=O) groups excluding carboxylic acids is 1. The van der Waals surface area contributed by atoms with Gasteiger partial charge in [0.25, 0.3) is 5.91 Å². The summed E-state index contributed by atoms with van der Waals surface area (Å²) < 4.78 is 5.99. The first-order valence-corrected chi connectivity index (χ1v) is 8.80. The molecule has 8 heteroatoms. The van der Waals surface area contributed by atoms with E-state index in [1.54, 1.807) is 0 Å². The number of aryl methyl sites for hydroxylation is 2. The van der Waals surface area contributed by atoms with Crippen LogP contribution in [0, 0.1) is 13.8 Å². The van der Waals surface area contributed by atoms with E-state index >= 15 is 0 Å². The lowest BCUT2D eigenvalue weighted by molar-refractivity contribution is -0.123. The Morgan fingerprint density at radius 3 is 2.68 bits per heavy atom. The maximum absolute atomic E-state index is 11.8. The molecule has 132 valence electrons. The van der Waals surface area contributed by atoms with Gasteiger partial charge in [-0.15, -0.1) is 0 Å². The third-order valence-corrected chi connectivity index (χ3v) is 4.65. The molecule has 0 unspecified atom stereocenters. The van der Waals surface area contributed by atoms with Gasteiger partial charge in [-0.25, -0.2) is 5.43 Å². The van der Waals surface area contributed by atoms with Crippen molar-refractivity contribution < 1.29 is 19.7 Å². The lowest BCUT2D eigenvalue weighted by atomic mass is 10.1. The number of hydrazone groups is 1. The molecule has 0 radical (unpaired) electrons. The lowest BCUT2D eigenvalue weighted by Crippen LogP contribution is -2.24. The highest BCUT2D eigenvalue weighted by atomic mass is 79.9. The van der Waals surface area contributed by atoms with Crippen molar-refractivity contribution >= 4 is 44.0 Å². The fraction of sp³-hybridized carbons (Fsp3) is 0.176. The van der Waals surface area contributed by atoms with Crippen molar-refractivity contribution in [1.82, 2.24) is 5.43 Å². The van der Waals surface area contributed by atoms with Crippen molar-refractivity contribution in [3.63, 3.8) is 0 Å². The van der Waals surface area contributed by atoms with E-state index < -0.39 is 5.91 Å². The number of phenolic OH excluding ortho intramolecular Hbond substituents is 2. The summed E-state index contributed by atoms with van der Waals surface area (Å²) in [4.78, 5) is 11.8. The smallest absolute Gasteiger partial charge is 0.277 e. The number of carbonyl (C=O) groups is 1. The van der Waals surface area contributed by atoms with Gasteiger partial charge in [-0.3, -0.25) is 4.79 Å². The molecule has 2 aromatic carbocycles. The number of benzene rings is 2. The molecule has 1 amide bonds. The summed E-state index contributed by atoms with van der Waals surface area (Å²) in [6, 6.07) is 7.21. The predicted octanol–water partition coefficient (Wildman–Crippen LogP) is 3.77. The molecule has 2 aromatic rings. The Morgan fingerprint density at radius 1 is 1.24 bits per heavy atom. The minimum absolute atomic E-state index is 0.124. The lowest BCUT2D eigenvalue weighted by Gasteiger charge is -2.09. The van der Waals surface area contributed by atoms with E-state index in [0.717, 1.165) is 11.1 Å². The van der Waals surface area contributed by atoms with Crippen LogP contribution in [0.15, 0.2) is 38.3 Å². The third kappa shape index (κ3) is 4.96. The summed E-state index contributed by atoms with van der Waals surface area (Å²) in [6.07, 6.45) is 1.26. The highest BCUT2D eigenvalue weighted by Gasteiger charge is 2.13. The van der Waals surface area contributed by atoms with Crippen LogP contribution >= 0.6 is 31.9 Å². The van der Waals surface area contributed by atoms with Gasteiger partial charge < -0.3 is 14.9 Å². The van der Waals surface area contributed by atoms with Gasteiger partial charge in [-0.1, -0.05) is 12.1 Å². The third-order valence-electron chi connectivity index (χ3n) is 3.29. The SMILES string of the molecule is Cc1ccc(C)c(OCC(=O)N/N=C\c2cc(Br)c(O)c(Br)c2O)c1. The molecule has 0 atom stereocenters. The molecule has 6 nitrogen and oxygen atoms in total. The molecular formula is C17H16Br2N2O4. The molecular weight excluding hydrogens is 456 g/mol. The monoisotopic (exact) mass is 470 g/mol. The number of ether oxygens (including phenoxy) is 1. The Balaban J connectivity index is 1.96.